The Balaban J connectivity index is 1.41. The molecule has 0 spiro atoms. The van der Waals surface area contributed by atoms with E-state index in [1.54, 1.807) is 51.1 Å². The van der Waals surface area contributed by atoms with Crippen molar-refractivity contribution < 1.29 is 26.4 Å². The number of aryl methyl sites for hydroxylation is 1. The van der Waals surface area contributed by atoms with Crippen molar-refractivity contribution >= 4 is 21.6 Å². The maximum Gasteiger partial charge on any atom is 0.416 e. The number of piperidine rings is 1. The molecule has 11 heteroatoms. The van der Waals surface area contributed by atoms with E-state index >= 15 is 0 Å². The number of alkyl halides is 3. The van der Waals surface area contributed by atoms with Gasteiger partial charge in [0.15, 0.2) is 0 Å². The number of halogens is 3. The maximum absolute atomic E-state index is 13.1. The molecule has 4 rings (SSSR count). The second-order valence-corrected chi connectivity index (χ2v) is 12.7. The SMILES string of the molecule is Cc1ccc(S(=O)(=O)NC(C)(C)C)c(-c2ccc(C(=O)NC3CCN(c4ccc(C(F)(F)F)cc4)CC3)nc2)c1. The van der Waals surface area contributed by atoms with Gasteiger partial charge < -0.3 is 10.2 Å². The van der Waals surface area contributed by atoms with Gasteiger partial charge in [0.2, 0.25) is 10.0 Å². The Labute approximate surface area is 232 Å². The lowest BCUT2D eigenvalue weighted by molar-refractivity contribution is -0.137. The van der Waals surface area contributed by atoms with Crippen LogP contribution in [0, 0.1) is 6.92 Å². The third-order valence-corrected chi connectivity index (χ3v) is 8.38. The van der Waals surface area contributed by atoms with Gasteiger partial charge in [0.05, 0.1) is 10.5 Å². The molecule has 3 aromatic rings. The van der Waals surface area contributed by atoms with Crippen LogP contribution in [-0.2, 0) is 16.2 Å². The first-order valence-corrected chi connectivity index (χ1v) is 14.4. The van der Waals surface area contributed by atoms with Crippen molar-refractivity contribution in [2.75, 3.05) is 18.0 Å². The molecule has 0 aliphatic carbocycles. The van der Waals surface area contributed by atoms with Gasteiger partial charge in [0, 0.05) is 47.7 Å². The van der Waals surface area contributed by atoms with Crippen LogP contribution >= 0.6 is 0 Å². The van der Waals surface area contributed by atoms with Crippen molar-refractivity contribution in [3.05, 3.63) is 77.6 Å². The van der Waals surface area contributed by atoms with Gasteiger partial charge in [0.25, 0.3) is 5.91 Å². The van der Waals surface area contributed by atoms with Gasteiger partial charge >= 0.3 is 6.18 Å². The molecular formula is C29H33F3N4O3S. The molecule has 0 saturated carbocycles. The van der Waals surface area contributed by atoms with E-state index in [9.17, 15) is 26.4 Å². The van der Waals surface area contributed by atoms with Crippen molar-refractivity contribution in [2.45, 2.75) is 63.2 Å². The lowest BCUT2D eigenvalue weighted by Crippen LogP contribution is -2.44. The van der Waals surface area contributed by atoms with Gasteiger partial charge in [0.1, 0.15) is 5.69 Å². The highest BCUT2D eigenvalue weighted by Crippen LogP contribution is 2.32. The lowest BCUT2D eigenvalue weighted by Gasteiger charge is -2.34. The molecule has 2 N–H and O–H groups in total. The highest BCUT2D eigenvalue weighted by molar-refractivity contribution is 7.89. The topological polar surface area (TPSA) is 91.4 Å². The zero-order valence-electron chi connectivity index (χ0n) is 22.8. The zero-order valence-corrected chi connectivity index (χ0v) is 23.7. The quantitative estimate of drug-likeness (QED) is 0.403. The predicted octanol–water partition coefficient (Wildman–Crippen LogP) is 5.55. The molecular weight excluding hydrogens is 541 g/mol. The summed E-state index contributed by atoms with van der Waals surface area (Å²) in [7, 11) is -3.80. The average Bonchev–Trinajstić information content (AvgIpc) is 2.87. The molecule has 0 radical (unpaired) electrons. The summed E-state index contributed by atoms with van der Waals surface area (Å²) in [4.78, 5) is 19.3. The van der Waals surface area contributed by atoms with Crippen molar-refractivity contribution in [1.82, 2.24) is 15.0 Å². The normalized spacial score (nSPS) is 15.2. The van der Waals surface area contributed by atoms with Crippen LogP contribution in [-0.4, -0.2) is 44.0 Å². The summed E-state index contributed by atoms with van der Waals surface area (Å²) in [5, 5.41) is 2.98. The number of benzene rings is 2. The molecule has 0 bridgehead atoms. The van der Waals surface area contributed by atoms with Gasteiger partial charge in [-0.15, -0.1) is 0 Å². The number of pyridine rings is 1. The standard InChI is InChI=1S/C29H33F3N4O3S/c1-19-5-12-26(40(38,39)35-28(2,3)4)24(17-19)20-6-11-25(33-18-20)27(37)34-22-13-15-36(16-14-22)23-9-7-21(8-10-23)29(30,31)32/h5-12,17-18,22,35H,13-16H2,1-4H3,(H,34,37). The number of aromatic nitrogens is 1. The van der Waals surface area contributed by atoms with E-state index in [1.165, 1.54) is 18.3 Å². The highest BCUT2D eigenvalue weighted by atomic mass is 32.2. The van der Waals surface area contributed by atoms with Crippen molar-refractivity contribution in [1.29, 1.82) is 0 Å². The number of carbonyl (C=O) groups excluding carboxylic acids is 1. The second-order valence-electron chi connectivity index (χ2n) is 11.1. The Hall–Kier alpha value is -3.44. The first kappa shape index (κ1) is 29.5. The number of hydrogen-bond donors (Lipinski definition) is 2. The van der Waals surface area contributed by atoms with Gasteiger partial charge in [-0.1, -0.05) is 23.8 Å². The fourth-order valence-electron chi connectivity index (χ4n) is 4.65. The minimum absolute atomic E-state index is 0.100. The predicted molar refractivity (Wildman–Crippen MR) is 149 cm³/mol. The van der Waals surface area contributed by atoms with Gasteiger partial charge in [-0.3, -0.25) is 9.78 Å². The number of nitrogens with zero attached hydrogens (tertiary/aromatic N) is 2. The van der Waals surface area contributed by atoms with Crippen LogP contribution in [0.3, 0.4) is 0 Å². The van der Waals surface area contributed by atoms with E-state index in [4.69, 9.17) is 0 Å². The number of sulfonamides is 1. The molecule has 2 heterocycles. The average molecular weight is 575 g/mol. The van der Waals surface area contributed by atoms with Crippen LogP contribution in [0.15, 0.2) is 65.7 Å². The second kappa shape index (κ2) is 11.2. The number of amides is 1. The number of rotatable bonds is 6. The molecule has 1 fully saturated rings. The number of anilines is 1. The van der Waals surface area contributed by atoms with Crippen LogP contribution in [0.25, 0.3) is 11.1 Å². The maximum atomic E-state index is 13.1. The lowest BCUT2D eigenvalue weighted by atomic mass is 10.0. The van der Waals surface area contributed by atoms with Crippen LogP contribution < -0.4 is 14.9 Å². The third kappa shape index (κ3) is 7.19. The molecule has 1 aromatic heterocycles. The summed E-state index contributed by atoms with van der Waals surface area (Å²) in [6, 6.07) is 13.3. The van der Waals surface area contributed by atoms with Gasteiger partial charge in [-0.05, 0) is 76.9 Å². The van der Waals surface area contributed by atoms with Gasteiger partial charge in [-0.2, -0.15) is 13.2 Å². The summed E-state index contributed by atoms with van der Waals surface area (Å²) in [6.07, 6.45) is -1.61. The Morgan fingerprint density at radius 1 is 0.975 bits per heavy atom. The largest absolute Gasteiger partial charge is 0.416 e. The van der Waals surface area contributed by atoms with E-state index in [0.717, 1.165) is 17.7 Å². The fourth-order valence-corrected chi connectivity index (χ4v) is 6.28. The summed E-state index contributed by atoms with van der Waals surface area (Å²) in [6.45, 7) is 8.37. The van der Waals surface area contributed by atoms with Crippen LogP contribution in [0.1, 0.15) is 55.2 Å². The number of carbonyl (C=O) groups is 1. The Morgan fingerprint density at radius 3 is 2.17 bits per heavy atom. The first-order chi connectivity index (χ1) is 18.6. The molecule has 1 saturated heterocycles. The van der Waals surface area contributed by atoms with Crippen LogP contribution in [0.2, 0.25) is 0 Å². The van der Waals surface area contributed by atoms with E-state index in [2.05, 4.69) is 15.0 Å². The number of hydrogen-bond acceptors (Lipinski definition) is 5. The summed E-state index contributed by atoms with van der Waals surface area (Å²) < 4.78 is 67.3. The van der Waals surface area contributed by atoms with E-state index < -0.39 is 27.3 Å². The minimum atomic E-state index is -4.37. The fraction of sp³-hybridized carbons (Fsp3) is 0.379. The molecule has 214 valence electrons. The summed E-state index contributed by atoms with van der Waals surface area (Å²) in [5.74, 6) is -0.342. The first-order valence-electron chi connectivity index (χ1n) is 13.0. The van der Waals surface area contributed by atoms with Crippen molar-refractivity contribution in [2.24, 2.45) is 0 Å². The Morgan fingerprint density at radius 2 is 1.62 bits per heavy atom. The van der Waals surface area contributed by atoms with E-state index in [1.807, 2.05) is 11.8 Å². The van der Waals surface area contributed by atoms with Crippen molar-refractivity contribution in [3.8, 4) is 11.1 Å². The van der Waals surface area contributed by atoms with Crippen LogP contribution in [0.4, 0.5) is 18.9 Å². The molecule has 0 unspecified atom stereocenters. The minimum Gasteiger partial charge on any atom is -0.371 e. The Bertz CT molecular complexity index is 1460. The molecule has 1 amide bonds. The molecule has 40 heavy (non-hydrogen) atoms. The smallest absolute Gasteiger partial charge is 0.371 e. The molecule has 0 atom stereocenters. The molecule has 1 aliphatic rings. The van der Waals surface area contributed by atoms with Crippen LogP contribution in [0.5, 0.6) is 0 Å². The summed E-state index contributed by atoms with van der Waals surface area (Å²) >= 11 is 0. The third-order valence-electron chi connectivity index (χ3n) is 6.56. The highest BCUT2D eigenvalue weighted by Gasteiger charge is 2.30. The molecule has 1 aliphatic heterocycles. The van der Waals surface area contributed by atoms with E-state index in [0.29, 0.717) is 42.7 Å². The van der Waals surface area contributed by atoms with E-state index in [-0.39, 0.29) is 22.5 Å². The number of nitrogens with one attached hydrogen (secondary N) is 2. The van der Waals surface area contributed by atoms with Gasteiger partial charge in [-0.25, -0.2) is 13.1 Å². The monoisotopic (exact) mass is 574 g/mol. The zero-order chi connectivity index (χ0) is 29.3. The molecule has 2 aromatic carbocycles. The summed E-state index contributed by atoms with van der Waals surface area (Å²) in [5.41, 5.74) is 1.53. The van der Waals surface area contributed by atoms with Crippen molar-refractivity contribution in [3.63, 3.8) is 0 Å². The Kier molecular flexibility index (Phi) is 8.28. The molecule has 7 nitrogen and oxygen atoms in total.